The van der Waals surface area contributed by atoms with Crippen LogP contribution in [0.5, 0.6) is 11.6 Å². The van der Waals surface area contributed by atoms with E-state index in [1.807, 2.05) is 24.3 Å². The minimum Gasteiger partial charge on any atom is -0.438 e. The molecule has 16 heavy (non-hydrogen) atoms. The van der Waals surface area contributed by atoms with Crippen LogP contribution in [0.2, 0.25) is 5.28 Å². The minimum absolute atomic E-state index is 0.146. The van der Waals surface area contributed by atoms with Gasteiger partial charge >= 0.3 is 0 Å². The molecular formula is C10H5Br2ClN2O. The Balaban J connectivity index is 2.30. The van der Waals surface area contributed by atoms with E-state index in [9.17, 15) is 0 Å². The number of halogens is 3. The van der Waals surface area contributed by atoms with E-state index in [0.717, 1.165) is 4.47 Å². The molecule has 0 aliphatic carbocycles. The summed E-state index contributed by atoms with van der Waals surface area (Å²) in [5.74, 6) is 1.06. The molecule has 1 heterocycles. The molecule has 0 amide bonds. The molecule has 82 valence electrons. The van der Waals surface area contributed by atoms with Crippen molar-refractivity contribution in [3.05, 3.63) is 44.7 Å². The number of ether oxygens (including phenoxy) is 1. The minimum atomic E-state index is 0.146. The Morgan fingerprint density at radius 2 is 2.06 bits per heavy atom. The van der Waals surface area contributed by atoms with Crippen LogP contribution in [0.15, 0.2) is 39.4 Å². The Kier molecular flexibility index (Phi) is 3.78. The lowest BCUT2D eigenvalue weighted by atomic mass is 10.3. The van der Waals surface area contributed by atoms with Crippen molar-refractivity contribution in [2.75, 3.05) is 0 Å². The third-order valence-corrected chi connectivity index (χ3v) is 2.91. The van der Waals surface area contributed by atoms with Crippen LogP contribution in [-0.2, 0) is 0 Å². The molecule has 2 aromatic rings. The summed E-state index contributed by atoms with van der Waals surface area (Å²) >= 11 is 12.3. The van der Waals surface area contributed by atoms with Crippen LogP contribution in [0.4, 0.5) is 0 Å². The fraction of sp³-hybridized carbons (Fsp3) is 0. The van der Waals surface area contributed by atoms with E-state index in [1.54, 1.807) is 6.20 Å². The molecule has 0 aliphatic heterocycles. The molecule has 6 heteroatoms. The molecule has 0 bridgehead atoms. The number of nitrogens with zero attached hydrogens (tertiary/aromatic N) is 2. The Bertz CT molecular complexity index is 522. The summed E-state index contributed by atoms with van der Waals surface area (Å²) in [5, 5.41) is 0.146. The number of benzene rings is 1. The summed E-state index contributed by atoms with van der Waals surface area (Å²) in [5.41, 5.74) is 0. The second-order valence-electron chi connectivity index (χ2n) is 2.85. The number of hydrogen-bond acceptors (Lipinski definition) is 3. The molecule has 0 unspecified atom stereocenters. The maximum atomic E-state index is 5.68. The number of hydrogen-bond donors (Lipinski definition) is 0. The molecule has 1 aromatic carbocycles. The first-order valence-corrected chi connectivity index (χ1v) is 6.23. The van der Waals surface area contributed by atoms with E-state index in [1.165, 1.54) is 0 Å². The second kappa shape index (κ2) is 5.12. The zero-order chi connectivity index (χ0) is 11.5. The second-order valence-corrected chi connectivity index (χ2v) is 4.96. The largest absolute Gasteiger partial charge is 0.438 e. The first-order valence-electron chi connectivity index (χ1n) is 4.26. The van der Waals surface area contributed by atoms with Crippen molar-refractivity contribution in [3.63, 3.8) is 0 Å². The average molecular weight is 364 g/mol. The van der Waals surface area contributed by atoms with Crippen LogP contribution >= 0.6 is 43.5 Å². The lowest BCUT2D eigenvalue weighted by molar-refractivity contribution is 0.458. The van der Waals surface area contributed by atoms with Gasteiger partial charge in [0, 0.05) is 10.7 Å². The van der Waals surface area contributed by atoms with Crippen LogP contribution in [0.3, 0.4) is 0 Å². The maximum Gasteiger partial charge on any atom is 0.237 e. The van der Waals surface area contributed by atoms with Crippen molar-refractivity contribution in [2.24, 2.45) is 0 Å². The van der Waals surface area contributed by atoms with Gasteiger partial charge in [0.05, 0.1) is 4.47 Å². The first-order chi connectivity index (χ1) is 7.65. The van der Waals surface area contributed by atoms with E-state index >= 15 is 0 Å². The fourth-order valence-electron chi connectivity index (χ4n) is 1.04. The van der Waals surface area contributed by atoms with Crippen molar-refractivity contribution in [2.45, 2.75) is 0 Å². The molecule has 1 aromatic heterocycles. The highest BCUT2D eigenvalue weighted by molar-refractivity contribution is 9.10. The fourth-order valence-corrected chi connectivity index (χ4v) is 1.82. The van der Waals surface area contributed by atoms with Crippen LogP contribution in [0.1, 0.15) is 0 Å². The van der Waals surface area contributed by atoms with Crippen LogP contribution in [0, 0.1) is 0 Å². The van der Waals surface area contributed by atoms with Gasteiger partial charge in [-0.05, 0) is 45.7 Å². The topological polar surface area (TPSA) is 35.0 Å². The van der Waals surface area contributed by atoms with Gasteiger partial charge in [-0.1, -0.05) is 22.0 Å². The zero-order valence-electron chi connectivity index (χ0n) is 7.82. The molecule has 0 saturated heterocycles. The van der Waals surface area contributed by atoms with Gasteiger partial charge in [0.2, 0.25) is 11.2 Å². The van der Waals surface area contributed by atoms with Gasteiger partial charge in [-0.2, -0.15) is 4.98 Å². The molecule has 0 aliphatic rings. The van der Waals surface area contributed by atoms with Crippen LogP contribution in [-0.4, -0.2) is 9.97 Å². The van der Waals surface area contributed by atoms with Gasteiger partial charge in [0.25, 0.3) is 0 Å². The predicted molar refractivity (Wildman–Crippen MR) is 69.0 cm³/mol. The molecule has 0 spiro atoms. The highest BCUT2D eigenvalue weighted by Gasteiger charge is 2.06. The summed E-state index contributed by atoms with van der Waals surface area (Å²) in [4.78, 5) is 7.78. The Hall–Kier alpha value is -0.650. The molecule has 0 N–H and O–H groups in total. The van der Waals surface area contributed by atoms with Gasteiger partial charge in [0.1, 0.15) is 5.75 Å². The summed E-state index contributed by atoms with van der Waals surface area (Å²) in [7, 11) is 0. The lowest BCUT2D eigenvalue weighted by Gasteiger charge is -2.06. The Morgan fingerprint density at radius 1 is 1.25 bits per heavy atom. The SMILES string of the molecule is Clc1ncc(Br)c(Oc2cccc(Br)c2)n1. The maximum absolute atomic E-state index is 5.68. The molecule has 0 atom stereocenters. The van der Waals surface area contributed by atoms with Crippen molar-refractivity contribution >= 4 is 43.5 Å². The summed E-state index contributed by atoms with van der Waals surface area (Å²) in [6.07, 6.45) is 1.54. The standard InChI is InChI=1S/C10H5Br2ClN2O/c11-6-2-1-3-7(4-6)16-9-8(12)5-14-10(13)15-9/h1-5H. The van der Waals surface area contributed by atoms with E-state index in [0.29, 0.717) is 16.1 Å². The normalized spacial score (nSPS) is 10.2. The van der Waals surface area contributed by atoms with Crippen molar-refractivity contribution in [1.82, 2.24) is 9.97 Å². The smallest absolute Gasteiger partial charge is 0.237 e. The summed E-state index contributed by atoms with van der Waals surface area (Å²) < 4.78 is 7.14. The molecular weight excluding hydrogens is 359 g/mol. The van der Waals surface area contributed by atoms with E-state index in [-0.39, 0.29) is 5.28 Å². The third kappa shape index (κ3) is 2.93. The highest BCUT2D eigenvalue weighted by atomic mass is 79.9. The van der Waals surface area contributed by atoms with Gasteiger partial charge in [-0.15, -0.1) is 0 Å². The van der Waals surface area contributed by atoms with E-state index in [4.69, 9.17) is 16.3 Å². The third-order valence-electron chi connectivity index (χ3n) is 1.69. The molecule has 0 saturated carbocycles. The summed E-state index contributed by atoms with van der Waals surface area (Å²) in [6, 6.07) is 7.45. The monoisotopic (exact) mass is 362 g/mol. The quantitative estimate of drug-likeness (QED) is 0.739. The number of aromatic nitrogens is 2. The lowest BCUT2D eigenvalue weighted by Crippen LogP contribution is -1.91. The van der Waals surface area contributed by atoms with E-state index in [2.05, 4.69) is 41.8 Å². The average Bonchev–Trinajstić information content (AvgIpc) is 2.24. The van der Waals surface area contributed by atoms with Gasteiger partial charge in [-0.3, -0.25) is 0 Å². The molecule has 0 fully saturated rings. The van der Waals surface area contributed by atoms with Crippen LogP contribution in [0.25, 0.3) is 0 Å². The highest BCUT2D eigenvalue weighted by Crippen LogP contribution is 2.29. The zero-order valence-corrected chi connectivity index (χ0v) is 11.8. The van der Waals surface area contributed by atoms with Crippen molar-refractivity contribution in [1.29, 1.82) is 0 Å². The van der Waals surface area contributed by atoms with Gasteiger partial charge in [-0.25, -0.2) is 4.98 Å². The van der Waals surface area contributed by atoms with Crippen LogP contribution < -0.4 is 4.74 Å². The molecule has 3 nitrogen and oxygen atoms in total. The van der Waals surface area contributed by atoms with E-state index < -0.39 is 0 Å². The molecule has 0 radical (unpaired) electrons. The van der Waals surface area contributed by atoms with Crippen molar-refractivity contribution < 1.29 is 4.74 Å². The van der Waals surface area contributed by atoms with Crippen molar-refractivity contribution in [3.8, 4) is 11.6 Å². The predicted octanol–water partition coefficient (Wildman–Crippen LogP) is 4.45. The molecule has 2 rings (SSSR count). The van der Waals surface area contributed by atoms with Gasteiger partial charge in [0.15, 0.2) is 0 Å². The first kappa shape index (κ1) is 11.8. The number of rotatable bonds is 2. The summed E-state index contributed by atoms with van der Waals surface area (Å²) in [6.45, 7) is 0. The van der Waals surface area contributed by atoms with Gasteiger partial charge < -0.3 is 4.74 Å². The Labute approximate surface area is 114 Å². The Morgan fingerprint density at radius 3 is 2.81 bits per heavy atom.